The van der Waals surface area contributed by atoms with Crippen LogP contribution >= 0.6 is 38.9 Å². The lowest BCUT2D eigenvalue weighted by molar-refractivity contribution is 0.957. The van der Waals surface area contributed by atoms with E-state index in [1.54, 1.807) is 4.52 Å². The van der Waals surface area contributed by atoms with E-state index >= 15 is 0 Å². The Morgan fingerprint density at radius 2 is 2.08 bits per heavy atom. The average Bonchev–Trinajstić information content (AvgIpc) is 2.58. The SMILES string of the molecule is CC.Cc1nc2sc(Br)nn2c1Cl. The van der Waals surface area contributed by atoms with E-state index in [-0.39, 0.29) is 0 Å². The van der Waals surface area contributed by atoms with Crippen LogP contribution in [0.2, 0.25) is 5.15 Å². The Morgan fingerprint density at radius 3 is 2.62 bits per heavy atom. The summed E-state index contributed by atoms with van der Waals surface area (Å²) in [5.41, 5.74) is 0.818. The number of imidazole rings is 1. The van der Waals surface area contributed by atoms with Crippen molar-refractivity contribution in [3.63, 3.8) is 0 Å². The topological polar surface area (TPSA) is 30.2 Å². The summed E-state index contributed by atoms with van der Waals surface area (Å²) in [7, 11) is 0. The molecule has 72 valence electrons. The Balaban J connectivity index is 0.000000396. The maximum Gasteiger partial charge on any atom is 0.214 e. The van der Waals surface area contributed by atoms with Crippen LogP contribution in [0.4, 0.5) is 0 Å². The molecule has 0 atom stereocenters. The molecule has 2 aromatic rings. The van der Waals surface area contributed by atoms with Crippen LogP contribution in [0.25, 0.3) is 4.96 Å². The van der Waals surface area contributed by atoms with E-state index in [2.05, 4.69) is 26.0 Å². The maximum atomic E-state index is 5.88. The molecule has 2 aromatic heterocycles. The third kappa shape index (κ3) is 2.03. The lowest BCUT2D eigenvalue weighted by Gasteiger charge is -1.82. The smallest absolute Gasteiger partial charge is 0.214 e. The van der Waals surface area contributed by atoms with Crippen molar-refractivity contribution in [2.24, 2.45) is 0 Å². The molecule has 0 amide bonds. The molecule has 0 spiro atoms. The third-order valence-corrected chi connectivity index (χ3v) is 3.06. The van der Waals surface area contributed by atoms with E-state index in [0.29, 0.717) is 5.15 Å². The summed E-state index contributed by atoms with van der Waals surface area (Å²) in [5, 5.41) is 4.68. The summed E-state index contributed by atoms with van der Waals surface area (Å²) in [5.74, 6) is 0. The number of hydrogen-bond donors (Lipinski definition) is 0. The lowest BCUT2D eigenvalue weighted by atomic mass is 10.6. The summed E-state index contributed by atoms with van der Waals surface area (Å²) in [4.78, 5) is 5.01. The predicted molar refractivity (Wildman–Crippen MR) is 59.7 cm³/mol. The third-order valence-electron chi connectivity index (χ3n) is 1.28. The largest absolute Gasteiger partial charge is 0.221 e. The molecule has 0 aliphatic rings. The van der Waals surface area contributed by atoms with Gasteiger partial charge in [0.05, 0.1) is 5.69 Å². The van der Waals surface area contributed by atoms with Gasteiger partial charge in [-0.3, -0.25) is 0 Å². The number of nitrogens with zero attached hydrogens (tertiary/aromatic N) is 3. The van der Waals surface area contributed by atoms with Gasteiger partial charge in [0.25, 0.3) is 0 Å². The Labute approximate surface area is 93.9 Å². The molecular formula is C7H9BrClN3S. The summed E-state index contributed by atoms with van der Waals surface area (Å²) in [6.07, 6.45) is 0. The van der Waals surface area contributed by atoms with Gasteiger partial charge in [-0.15, -0.1) is 5.10 Å². The molecule has 13 heavy (non-hydrogen) atoms. The van der Waals surface area contributed by atoms with Gasteiger partial charge in [0, 0.05) is 0 Å². The zero-order valence-electron chi connectivity index (χ0n) is 7.51. The molecule has 0 aliphatic heterocycles. The summed E-state index contributed by atoms with van der Waals surface area (Å²) < 4.78 is 2.41. The van der Waals surface area contributed by atoms with Crippen LogP contribution < -0.4 is 0 Å². The number of rotatable bonds is 0. The van der Waals surface area contributed by atoms with Crippen LogP contribution in [-0.2, 0) is 0 Å². The Kier molecular flexibility index (Phi) is 3.70. The van der Waals surface area contributed by atoms with Gasteiger partial charge >= 0.3 is 0 Å². The van der Waals surface area contributed by atoms with Crippen LogP contribution in [0.5, 0.6) is 0 Å². The van der Waals surface area contributed by atoms with Gasteiger partial charge in [0.1, 0.15) is 0 Å². The second-order valence-electron chi connectivity index (χ2n) is 2.04. The van der Waals surface area contributed by atoms with E-state index in [4.69, 9.17) is 11.6 Å². The maximum absolute atomic E-state index is 5.88. The number of aromatic nitrogens is 3. The van der Waals surface area contributed by atoms with Crippen molar-refractivity contribution < 1.29 is 0 Å². The van der Waals surface area contributed by atoms with Gasteiger partial charge in [-0.05, 0) is 22.9 Å². The van der Waals surface area contributed by atoms with Crippen molar-refractivity contribution >= 4 is 43.8 Å². The predicted octanol–water partition coefficient (Wildman–Crippen LogP) is 3.54. The standard InChI is InChI=1S/C5H3BrClN3S.C2H6/c1-2-3(7)10-5(8-2)11-4(6)9-10;1-2/h1H3;1-2H3. The van der Waals surface area contributed by atoms with Crippen LogP contribution in [0.15, 0.2) is 3.92 Å². The van der Waals surface area contributed by atoms with Gasteiger partial charge in [-0.1, -0.05) is 36.8 Å². The highest BCUT2D eigenvalue weighted by Crippen LogP contribution is 2.24. The highest BCUT2D eigenvalue weighted by atomic mass is 79.9. The first-order valence-corrected chi connectivity index (χ1v) is 5.84. The van der Waals surface area contributed by atoms with Gasteiger partial charge in [-0.25, -0.2) is 4.98 Å². The van der Waals surface area contributed by atoms with Gasteiger partial charge in [0.2, 0.25) is 4.96 Å². The zero-order valence-corrected chi connectivity index (χ0v) is 10.7. The van der Waals surface area contributed by atoms with Crippen molar-refractivity contribution in [3.8, 4) is 0 Å². The molecule has 0 bridgehead atoms. The van der Waals surface area contributed by atoms with E-state index in [0.717, 1.165) is 14.6 Å². The number of fused-ring (bicyclic) bond motifs is 1. The Bertz CT molecular complexity index is 409. The first kappa shape index (κ1) is 10.9. The number of hydrogen-bond acceptors (Lipinski definition) is 3. The molecule has 2 rings (SSSR count). The molecule has 0 aromatic carbocycles. The summed E-state index contributed by atoms with van der Waals surface area (Å²) >= 11 is 10.6. The molecule has 0 radical (unpaired) electrons. The summed E-state index contributed by atoms with van der Waals surface area (Å²) in [6, 6.07) is 0. The van der Waals surface area contributed by atoms with Crippen LogP contribution in [-0.4, -0.2) is 14.6 Å². The molecule has 2 heterocycles. The van der Waals surface area contributed by atoms with Gasteiger partial charge < -0.3 is 0 Å². The lowest BCUT2D eigenvalue weighted by Crippen LogP contribution is -1.81. The van der Waals surface area contributed by atoms with Gasteiger partial charge in [0.15, 0.2) is 9.07 Å². The van der Waals surface area contributed by atoms with Crippen molar-refractivity contribution in [3.05, 3.63) is 14.8 Å². The molecule has 3 nitrogen and oxygen atoms in total. The highest BCUT2D eigenvalue weighted by molar-refractivity contribution is 9.11. The average molecular weight is 283 g/mol. The van der Waals surface area contributed by atoms with Crippen LogP contribution in [0.3, 0.4) is 0 Å². The number of halogens is 2. The van der Waals surface area contributed by atoms with Crippen molar-refractivity contribution in [2.45, 2.75) is 20.8 Å². The quantitative estimate of drug-likeness (QED) is 0.740. The van der Waals surface area contributed by atoms with E-state index in [1.165, 1.54) is 11.3 Å². The molecule has 0 saturated heterocycles. The molecule has 0 fully saturated rings. The number of aryl methyl sites for hydroxylation is 1. The fourth-order valence-electron chi connectivity index (χ4n) is 0.801. The molecule has 0 N–H and O–H groups in total. The molecule has 0 unspecified atom stereocenters. The molecule has 0 aliphatic carbocycles. The van der Waals surface area contributed by atoms with Crippen molar-refractivity contribution in [1.82, 2.24) is 14.6 Å². The molecule has 0 saturated carbocycles. The molecule has 6 heteroatoms. The highest BCUT2D eigenvalue weighted by Gasteiger charge is 2.09. The Hall–Kier alpha value is -0.130. The second kappa shape index (κ2) is 4.39. The monoisotopic (exact) mass is 281 g/mol. The van der Waals surface area contributed by atoms with Crippen molar-refractivity contribution in [1.29, 1.82) is 0 Å². The Morgan fingerprint density at radius 1 is 1.46 bits per heavy atom. The summed E-state index contributed by atoms with van der Waals surface area (Å²) in [6.45, 7) is 5.86. The second-order valence-corrected chi connectivity index (χ2v) is 4.63. The minimum Gasteiger partial charge on any atom is -0.221 e. The van der Waals surface area contributed by atoms with Crippen LogP contribution in [0, 0.1) is 6.92 Å². The van der Waals surface area contributed by atoms with Crippen molar-refractivity contribution in [2.75, 3.05) is 0 Å². The van der Waals surface area contributed by atoms with Gasteiger partial charge in [-0.2, -0.15) is 4.52 Å². The van der Waals surface area contributed by atoms with E-state index in [9.17, 15) is 0 Å². The zero-order chi connectivity index (χ0) is 10.0. The normalized spacial score (nSPS) is 9.92. The minimum absolute atomic E-state index is 0.585. The minimum atomic E-state index is 0.585. The molecular weight excluding hydrogens is 274 g/mol. The first-order valence-electron chi connectivity index (χ1n) is 3.85. The fourth-order valence-corrected chi connectivity index (χ4v) is 2.28. The first-order chi connectivity index (χ1) is 6.18. The van der Waals surface area contributed by atoms with E-state index < -0.39 is 0 Å². The van der Waals surface area contributed by atoms with E-state index in [1.807, 2.05) is 20.8 Å². The van der Waals surface area contributed by atoms with Crippen LogP contribution in [0.1, 0.15) is 19.5 Å². The fraction of sp³-hybridized carbons (Fsp3) is 0.429.